The summed E-state index contributed by atoms with van der Waals surface area (Å²) in [5.74, 6) is -0.241. The Bertz CT molecular complexity index is 4280. The fourth-order valence-electron chi connectivity index (χ4n) is 12.8. The molecule has 1 unspecified atom stereocenters. The Morgan fingerprint density at radius 2 is 1.41 bits per heavy atom. The molecular formula is C66H66Cl2FN12O4+. The molecule has 16 nitrogen and oxygen atoms in total. The van der Waals surface area contributed by atoms with Crippen LogP contribution in [0.15, 0.2) is 114 Å². The van der Waals surface area contributed by atoms with Gasteiger partial charge in [-0.2, -0.15) is 9.97 Å². The first-order valence-electron chi connectivity index (χ1n) is 28.8. The van der Waals surface area contributed by atoms with Crippen LogP contribution in [0.2, 0.25) is 10.0 Å². The number of aryl methyl sites for hydroxylation is 2. The molecule has 0 aliphatic carbocycles. The van der Waals surface area contributed by atoms with Crippen molar-refractivity contribution in [2.75, 3.05) is 42.5 Å². The van der Waals surface area contributed by atoms with Gasteiger partial charge in [0.15, 0.2) is 22.8 Å². The Hall–Kier alpha value is -8.67. The van der Waals surface area contributed by atoms with Gasteiger partial charge in [0.2, 0.25) is 11.8 Å². The van der Waals surface area contributed by atoms with E-state index in [0.717, 1.165) is 22.3 Å². The maximum absolute atomic E-state index is 15.9. The molecular weight excluding hydrogens is 1110 g/mol. The van der Waals surface area contributed by atoms with Gasteiger partial charge in [-0.25, -0.2) is 33.1 Å². The molecule has 2 amide bonds. The zero-order chi connectivity index (χ0) is 60.4. The zero-order valence-electron chi connectivity index (χ0n) is 48.9. The highest BCUT2D eigenvalue weighted by molar-refractivity contribution is 6.34. The van der Waals surface area contributed by atoms with E-state index in [1.165, 1.54) is 22.8 Å². The minimum Gasteiger partial charge on any atom is -0.349 e. The number of benzene rings is 2. The van der Waals surface area contributed by atoms with Gasteiger partial charge in [0, 0.05) is 79.8 Å². The number of nitrogens with zero attached hydrogens (tertiary/aromatic N) is 12. The summed E-state index contributed by atoms with van der Waals surface area (Å²) in [4.78, 5) is 89.4. The summed E-state index contributed by atoms with van der Waals surface area (Å²) in [6.45, 7) is 29.5. The maximum Gasteiger partial charge on any atom is 0.442 e. The normalized spacial score (nSPS) is 17.7. The molecule has 4 atom stereocenters. The Morgan fingerprint density at radius 1 is 0.741 bits per heavy atom. The van der Waals surface area contributed by atoms with E-state index >= 15 is 4.39 Å². The summed E-state index contributed by atoms with van der Waals surface area (Å²) in [7, 11) is 0. The number of anilines is 2. The number of amides is 2. The predicted molar refractivity (Wildman–Crippen MR) is 337 cm³/mol. The van der Waals surface area contributed by atoms with Crippen LogP contribution in [0.4, 0.5) is 16.0 Å². The number of carbonyl (C=O) groups excluding carboxylic acids is 2. The molecule has 0 bridgehead atoms. The lowest BCUT2D eigenvalue weighted by Crippen LogP contribution is -2.58. The number of rotatable bonds is 13. The minimum atomic E-state index is -0.599. The number of halogens is 3. The number of hydrogen-bond donors (Lipinski definition) is 0. The van der Waals surface area contributed by atoms with Crippen LogP contribution in [0.5, 0.6) is 0 Å². The highest BCUT2D eigenvalue weighted by Gasteiger charge is 2.42. The van der Waals surface area contributed by atoms with Crippen LogP contribution in [0, 0.1) is 5.82 Å². The Kier molecular flexibility index (Phi) is 15.8. The fraction of sp³-hybridized carbons (Fsp3) is 0.303. The maximum atomic E-state index is 15.9. The first-order valence-corrected chi connectivity index (χ1v) is 29.5. The molecule has 0 saturated carbocycles. The molecule has 2 fully saturated rings. The zero-order valence-corrected chi connectivity index (χ0v) is 50.4. The lowest BCUT2D eigenvalue weighted by atomic mass is 9.97. The molecule has 0 spiro atoms. The van der Waals surface area contributed by atoms with Crippen LogP contribution >= 0.6 is 23.2 Å². The van der Waals surface area contributed by atoms with Gasteiger partial charge >= 0.3 is 17.0 Å². The van der Waals surface area contributed by atoms with Gasteiger partial charge in [-0.3, -0.25) is 14.6 Å². The lowest BCUT2D eigenvalue weighted by Gasteiger charge is -2.45. The topological polar surface area (TPSA) is 159 Å². The number of hydrogen-bond acceptors (Lipinski definition) is 11. The van der Waals surface area contributed by atoms with E-state index in [1.807, 2.05) is 103 Å². The van der Waals surface area contributed by atoms with Gasteiger partial charge in [0.25, 0.3) is 0 Å². The number of pyridine rings is 4. The summed E-state index contributed by atoms with van der Waals surface area (Å²) < 4.78 is 21.1. The Balaban J connectivity index is 0.965. The Labute approximate surface area is 502 Å². The van der Waals surface area contributed by atoms with Gasteiger partial charge < -0.3 is 19.6 Å². The summed E-state index contributed by atoms with van der Waals surface area (Å²) in [5.41, 5.74) is 7.46. The second-order valence-electron chi connectivity index (χ2n) is 22.3. The van der Waals surface area contributed by atoms with Crippen LogP contribution in [0.1, 0.15) is 107 Å². The molecule has 0 N–H and O–H groups in total. The highest BCUT2D eigenvalue weighted by atomic mass is 35.5. The van der Waals surface area contributed by atoms with Crippen molar-refractivity contribution in [3.8, 4) is 33.9 Å². The van der Waals surface area contributed by atoms with E-state index in [0.29, 0.717) is 105 Å². The summed E-state index contributed by atoms with van der Waals surface area (Å²) in [6, 6.07) is 18.4. The number of aromatic nitrogens is 8. The average Bonchev–Trinajstić information content (AvgIpc) is 2.54. The molecule has 434 valence electrons. The van der Waals surface area contributed by atoms with Crippen LogP contribution in [-0.4, -0.2) is 107 Å². The van der Waals surface area contributed by atoms with Gasteiger partial charge in [-0.15, -0.1) is 4.57 Å². The van der Waals surface area contributed by atoms with Gasteiger partial charge in [-0.05, 0) is 106 Å². The van der Waals surface area contributed by atoms with Crippen LogP contribution in [-0.2, 0) is 22.4 Å². The Morgan fingerprint density at radius 3 is 2.09 bits per heavy atom. The molecule has 3 aliphatic rings. The van der Waals surface area contributed by atoms with Gasteiger partial charge in [0.1, 0.15) is 28.8 Å². The molecule has 8 aromatic rings. The van der Waals surface area contributed by atoms with Crippen molar-refractivity contribution in [3.63, 3.8) is 0 Å². The number of piperazine rings is 2. The molecule has 85 heavy (non-hydrogen) atoms. The van der Waals surface area contributed by atoms with E-state index in [4.69, 9.17) is 48.1 Å². The molecule has 6 aromatic heterocycles. The largest absolute Gasteiger partial charge is 0.442 e. The average molecular weight is 1180 g/mol. The van der Waals surface area contributed by atoms with Crippen molar-refractivity contribution in [2.24, 2.45) is 0 Å². The molecule has 2 saturated heterocycles. The second kappa shape index (κ2) is 23.1. The van der Waals surface area contributed by atoms with Crippen LogP contribution in [0.3, 0.4) is 0 Å². The van der Waals surface area contributed by atoms with Crippen LogP contribution < -0.4 is 25.7 Å². The quantitative estimate of drug-likeness (QED) is 0.0799. The molecule has 11 rings (SSSR count). The van der Waals surface area contributed by atoms with Crippen molar-refractivity contribution >= 4 is 86.9 Å². The van der Waals surface area contributed by atoms with Crippen molar-refractivity contribution < 1.29 is 18.5 Å². The molecule has 0 radical (unpaired) electrons. The minimum absolute atomic E-state index is 0.0850. The number of fused-ring (bicyclic) bond motifs is 3. The molecule has 3 aliphatic heterocycles. The first kappa shape index (κ1) is 58.1. The molecule has 2 aromatic carbocycles. The number of carbonyl (C=O) groups is 2. The first-order chi connectivity index (χ1) is 40.8. The van der Waals surface area contributed by atoms with E-state index in [1.54, 1.807) is 57.0 Å². The summed E-state index contributed by atoms with van der Waals surface area (Å²) in [6.07, 6.45) is 10.7. The molecule has 9 heterocycles. The predicted octanol–water partition coefficient (Wildman–Crippen LogP) is 11.2. The second-order valence-corrected chi connectivity index (χ2v) is 23.2. The van der Waals surface area contributed by atoms with E-state index in [2.05, 4.69) is 29.2 Å². The smallest absolute Gasteiger partial charge is 0.349 e. The monoisotopic (exact) mass is 1180 g/mol. The van der Waals surface area contributed by atoms with Crippen molar-refractivity contribution in [1.29, 1.82) is 0 Å². The lowest BCUT2D eigenvalue weighted by molar-refractivity contribution is -0.679. The third-order valence-corrected chi connectivity index (χ3v) is 17.3. The highest BCUT2D eigenvalue weighted by Crippen LogP contribution is 2.42. The molecule has 19 heteroatoms. The standard InChI is InChI=1S/C66H66Cl2FN12O4/c1-12-41-20-17-18-22-46(41)60-50(68)32-48-61(77-29-28-75(33-37(77)8)52(82)16-5)73-66(85)81-59-44(15-4)30-45(71-56(59)40(11)79(60)64(48)81)24-25-53(83)76-34-38(9)78(39(10)35-76)63-47-31-49(67)57(54-42(13-2)21-19-23-51(54)69)72-62(47)80(65(84)74-63)58-43(14-3)26-27-70-55(58)36(6)7/h12-13,16-27,30-32,36-40H,1-2,5,14-15,28-29,33-35H2,3-4,6-11H3/q+1/b25-24-/t37-,38-,39-,40?/m0/s1. The van der Waals surface area contributed by atoms with Crippen molar-refractivity contribution in [3.05, 3.63) is 181 Å². The van der Waals surface area contributed by atoms with E-state index < -0.39 is 23.2 Å². The van der Waals surface area contributed by atoms with Crippen LogP contribution in [0.25, 0.3) is 74.2 Å². The van der Waals surface area contributed by atoms with E-state index in [-0.39, 0.29) is 70.9 Å². The van der Waals surface area contributed by atoms with Gasteiger partial charge in [-0.1, -0.05) is 119 Å². The SMILES string of the molecule is C=CC(=O)N1CCN(c2nc(=O)n3c4c2cc(Cl)c(-c2ccccc2C=C)[n+]4C(C)c2nc(/C=C\C(=O)N4C[C@H](C)N(c5nc(=O)n(-c6c(CC)ccnc6C(C)C)c6nc(-c7c(F)cccc7C=C)c(Cl)cc56)[C@@H](C)C4)cc(CC)c2-3)[C@@H](C)C1. The summed E-state index contributed by atoms with van der Waals surface area (Å²) >= 11 is 14.6. The third-order valence-electron chi connectivity index (χ3n) is 16.7. The van der Waals surface area contributed by atoms with Crippen molar-refractivity contribution in [2.45, 2.75) is 98.3 Å². The van der Waals surface area contributed by atoms with E-state index in [9.17, 15) is 19.2 Å². The fourth-order valence-corrected chi connectivity index (χ4v) is 13.4. The van der Waals surface area contributed by atoms with Gasteiger partial charge in [0.05, 0.1) is 38.2 Å². The third kappa shape index (κ3) is 9.89. The summed E-state index contributed by atoms with van der Waals surface area (Å²) in [5, 5.41) is 1.71. The van der Waals surface area contributed by atoms with Crippen molar-refractivity contribution in [1.82, 2.24) is 43.9 Å².